The summed E-state index contributed by atoms with van der Waals surface area (Å²) in [5, 5.41) is 0. The van der Waals surface area contributed by atoms with E-state index < -0.39 is 18.0 Å². The largest absolute Gasteiger partial charge is 0.391 e. The number of hydrogen-bond acceptors (Lipinski definition) is 2. The zero-order valence-corrected chi connectivity index (χ0v) is 14.4. The van der Waals surface area contributed by atoms with Gasteiger partial charge in [0.2, 0.25) is 5.91 Å². The molecular weight excluding hydrogens is 307 g/mol. The second kappa shape index (κ2) is 6.61. The lowest BCUT2D eigenvalue weighted by molar-refractivity contribution is -0.190. The molecule has 0 unspecified atom stereocenters. The van der Waals surface area contributed by atoms with Crippen LogP contribution < -0.4 is 0 Å². The number of rotatable bonds is 4. The molecule has 23 heavy (non-hydrogen) atoms. The minimum absolute atomic E-state index is 0.0396. The molecule has 0 saturated heterocycles. The number of nitrogens with zero attached hydrogens (tertiary/aromatic N) is 1. The Morgan fingerprint density at radius 3 is 2.43 bits per heavy atom. The van der Waals surface area contributed by atoms with Crippen LogP contribution in [0.25, 0.3) is 0 Å². The molecule has 2 saturated carbocycles. The highest BCUT2D eigenvalue weighted by molar-refractivity contribution is 5.79. The predicted molar refractivity (Wildman–Crippen MR) is 81.9 cm³/mol. The lowest BCUT2D eigenvalue weighted by Gasteiger charge is -2.55. The summed E-state index contributed by atoms with van der Waals surface area (Å²) in [5.74, 6) is -1.96. The third-order valence-electron chi connectivity index (χ3n) is 5.80. The predicted octanol–water partition coefficient (Wildman–Crippen LogP) is 4.02. The van der Waals surface area contributed by atoms with Crippen LogP contribution in [0.2, 0.25) is 0 Å². The van der Waals surface area contributed by atoms with E-state index in [9.17, 15) is 18.0 Å². The fraction of sp³-hybridized carbons (Fsp3) is 0.941. The van der Waals surface area contributed by atoms with Crippen molar-refractivity contribution < 1.29 is 22.7 Å². The number of hydrogen-bond donors (Lipinski definition) is 0. The number of ether oxygens (including phenoxy) is 1. The van der Waals surface area contributed by atoms with Crippen LogP contribution in [0.3, 0.4) is 0 Å². The summed E-state index contributed by atoms with van der Waals surface area (Å²) in [6, 6.07) is 0.0396. The quantitative estimate of drug-likeness (QED) is 0.777. The van der Waals surface area contributed by atoms with E-state index in [4.69, 9.17) is 4.74 Å². The minimum atomic E-state index is -4.19. The minimum Gasteiger partial charge on any atom is -0.378 e. The fourth-order valence-electron chi connectivity index (χ4n) is 4.16. The lowest BCUT2D eigenvalue weighted by atomic mass is 9.63. The topological polar surface area (TPSA) is 29.5 Å². The van der Waals surface area contributed by atoms with Crippen molar-refractivity contribution >= 4 is 5.91 Å². The first-order valence-corrected chi connectivity index (χ1v) is 8.54. The average molecular weight is 335 g/mol. The van der Waals surface area contributed by atoms with Gasteiger partial charge in [-0.15, -0.1) is 0 Å². The van der Waals surface area contributed by atoms with Gasteiger partial charge in [-0.05, 0) is 32.6 Å². The highest BCUT2D eigenvalue weighted by Crippen LogP contribution is 2.47. The summed E-state index contributed by atoms with van der Waals surface area (Å²) in [6.07, 6.45) is -2.18. The van der Waals surface area contributed by atoms with Crippen molar-refractivity contribution in [1.82, 2.24) is 4.90 Å². The van der Waals surface area contributed by atoms with Crippen LogP contribution in [0.15, 0.2) is 0 Å². The van der Waals surface area contributed by atoms with Crippen molar-refractivity contribution in [3.8, 4) is 0 Å². The van der Waals surface area contributed by atoms with Gasteiger partial charge in [-0.3, -0.25) is 4.79 Å². The maximum absolute atomic E-state index is 12.9. The standard InChI is InChI=1S/C17H28F3NO2/c1-5-23-14-10-13(16(14,2)3)21(4)15(22)11-7-6-8-12(9-11)17(18,19)20/h11-14H,5-10H2,1-4H3/t11-,12+,13+,14-/m1/s1. The normalized spacial score (nSPS) is 33.9. The van der Waals surface area contributed by atoms with E-state index in [1.165, 1.54) is 0 Å². The number of carbonyl (C=O) groups is 1. The average Bonchev–Trinajstić information content (AvgIpc) is 2.49. The smallest absolute Gasteiger partial charge is 0.378 e. The molecule has 134 valence electrons. The SMILES string of the molecule is CCO[C@@H]1C[C@H](N(C)C(=O)[C@@H]2CCC[C@H](C(F)(F)F)C2)C1(C)C. The van der Waals surface area contributed by atoms with Crippen LogP contribution in [0.5, 0.6) is 0 Å². The van der Waals surface area contributed by atoms with E-state index in [1.807, 2.05) is 6.92 Å². The van der Waals surface area contributed by atoms with E-state index >= 15 is 0 Å². The van der Waals surface area contributed by atoms with Gasteiger partial charge in [-0.2, -0.15) is 13.2 Å². The van der Waals surface area contributed by atoms with Crippen molar-refractivity contribution in [1.29, 1.82) is 0 Å². The van der Waals surface area contributed by atoms with E-state index in [-0.39, 0.29) is 36.3 Å². The van der Waals surface area contributed by atoms with Crippen LogP contribution in [0.4, 0.5) is 13.2 Å². The van der Waals surface area contributed by atoms with Crippen LogP contribution in [0, 0.1) is 17.3 Å². The first kappa shape index (κ1) is 18.6. The van der Waals surface area contributed by atoms with Gasteiger partial charge in [0.05, 0.1) is 12.0 Å². The van der Waals surface area contributed by atoms with Crippen molar-refractivity contribution in [2.45, 2.75) is 71.2 Å². The Morgan fingerprint density at radius 2 is 1.91 bits per heavy atom. The molecule has 0 aromatic heterocycles. The Morgan fingerprint density at radius 1 is 1.26 bits per heavy atom. The summed E-state index contributed by atoms with van der Waals surface area (Å²) in [7, 11) is 1.73. The van der Waals surface area contributed by atoms with Crippen molar-refractivity contribution in [2.24, 2.45) is 17.3 Å². The molecule has 0 aliphatic heterocycles. The highest BCUT2D eigenvalue weighted by Gasteiger charge is 2.53. The van der Waals surface area contributed by atoms with Crippen molar-refractivity contribution in [2.75, 3.05) is 13.7 Å². The maximum atomic E-state index is 12.9. The lowest BCUT2D eigenvalue weighted by Crippen LogP contribution is -2.63. The summed E-state index contributed by atoms with van der Waals surface area (Å²) in [4.78, 5) is 14.4. The zero-order valence-electron chi connectivity index (χ0n) is 14.4. The molecule has 2 aliphatic carbocycles. The van der Waals surface area contributed by atoms with Gasteiger partial charge >= 0.3 is 6.18 Å². The number of carbonyl (C=O) groups excluding carboxylic acids is 1. The molecule has 0 aromatic carbocycles. The molecule has 6 heteroatoms. The third kappa shape index (κ3) is 3.67. The van der Waals surface area contributed by atoms with Gasteiger partial charge in [-0.25, -0.2) is 0 Å². The molecule has 0 aromatic rings. The van der Waals surface area contributed by atoms with E-state index in [1.54, 1.807) is 11.9 Å². The molecule has 3 nitrogen and oxygen atoms in total. The van der Waals surface area contributed by atoms with Gasteiger partial charge in [0.1, 0.15) is 0 Å². The van der Waals surface area contributed by atoms with E-state index in [0.29, 0.717) is 19.4 Å². The fourth-order valence-corrected chi connectivity index (χ4v) is 4.16. The Labute approximate surface area is 136 Å². The van der Waals surface area contributed by atoms with Gasteiger partial charge in [0, 0.05) is 31.0 Å². The molecule has 0 spiro atoms. The van der Waals surface area contributed by atoms with E-state index in [2.05, 4.69) is 13.8 Å². The molecular formula is C17H28F3NO2. The molecule has 2 rings (SSSR count). The molecule has 4 atom stereocenters. The number of halogens is 3. The highest BCUT2D eigenvalue weighted by atomic mass is 19.4. The Balaban J connectivity index is 1.98. The van der Waals surface area contributed by atoms with Crippen LogP contribution in [-0.4, -0.2) is 42.8 Å². The van der Waals surface area contributed by atoms with Crippen molar-refractivity contribution in [3.05, 3.63) is 0 Å². The van der Waals surface area contributed by atoms with Gasteiger partial charge in [0.15, 0.2) is 0 Å². The maximum Gasteiger partial charge on any atom is 0.391 e. The Bertz CT molecular complexity index is 436. The zero-order chi connectivity index (χ0) is 17.4. The van der Waals surface area contributed by atoms with E-state index in [0.717, 1.165) is 6.42 Å². The number of amides is 1. The van der Waals surface area contributed by atoms with Gasteiger partial charge < -0.3 is 9.64 Å². The third-order valence-corrected chi connectivity index (χ3v) is 5.80. The first-order chi connectivity index (χ1) is 10.6. The molecule has 0 radical (unpaired) electrons. The molecule has 2 fully saturated rings. The second-order valence-electron chi connectivity index (χ2n) is 7.57. The number of alkyl halides is 3. The second-order valence-corrected chi connectivity index (χ2v) is 7.57. The Kier molecular flexibility index (Phi) is 5.34. The summed E-state index contributed by atoms with van der Waals surface area (Å²) in [5.41, 5.74) is -0.154. The molecule has 0 heterocycles. The summed E-state index contributed by atoms with van der Waals surface area (Å²) < 4.78 is 44.5. The van der Waals surface area contributed by atoms with Crippen LogP contribution >= 0.6 is 0 Å². The van der Waals surface area contributed by atoms with Crippen LogP contribution in [0.1, 0.15) is 52.9 Å². The van der Waals surface area contributed by atoms with Crippen molar-refractivity contribution in [3.63, 3.8) is 0 Å². The molecule has 1 amide bonds. The Hall–Kier alpha value is -0.780. The molecule has 0 bridgehead atoms. The van der Waals surface area contributed by atoms with Crippen LogP contribution in [-0.2, 0) is 9.53 Å². The van der Waals surface area contributed by atoms with Gasteiger partial charge in [0.25, 0.3) is 0 Å². The monoisotopic (exact) mass is 335 g/mol. The first-order valence-electron chi connectivity index (χ1n) is 8.54. The summed E-state index contributed by atoms with van der Waals surface area (Å²) >= 11 is 0. The van der Waals surface area contributed by atoms with Gasteiger partial charge in [-0.1, -0.05) is 20.3 Å². The summed E-state index contributed by atoms with van der Waals surface area (Å²) in [6.45, 7) is 6.70. The molecule has 2 aliphatic rings. The molecule has 0 N–H and O–H groups in total.